The third-order valence-electron chi connectivity index (χ3n) is 3.60. The van der Waals surface area contributed by atoms with E-state index in [1.165, 1.54) is 18.3 Å². The number of nitrogens with zero attached hydrogens (tertiary/aromatic N) is 1. The van der Waals surface area contributed by atoms with Gasteiger partial charge < -0.3 is 10.4 Å². The van der Waals surface area contributed by atoms with Crippen molar-refractivity contribution in [3.05, 3.63) is 29.6 Å². The Balaban J connectivity index is 1.87. The van der Waals surface area contributed by atoms with Crippen molar-refractivity contribution in [2.45, 2.75) is 38.2 Å². The number of nitrogens with one attached hydrogen (secondary N) is 1. The molecule has 0 saturated heterocycles. The highest BCUT2D eigenvalue weighted by atomic mass is 19.3. The van der Waals surface area contributed by atoms with Crippen molar-refractivity contribution in [2.75, 3.05) is 0 Å². The number of carboxylic acid groups (broad SMARTS) is 1. The van der Waals surface area contributed by atoms with Crippen molar-refractivity contribution in [3.8, 4) is 0 Å². The second-order valence-corrected chi connectivity index (χ2v) is 5.19. The second kappa shape index (κ2) is 6.15. The van der Waals surface area contributed by atoms with Crippen LogP contribution in [0.5, 0.6) is 0 Å². The van der Waals surface area contributed by atoms with Crippen LogP contribution >= 0.6 is 0 Å². The summed E-state index contributed by atoms with van der Waals surface area (Å²) in [5, 5.41) is 11.5. The number of aromatic nitrogens is 1. The Labute approximate surface area is 120 Å². The Bertz CT molecular complexity index is 539. The van der Waals surface area contributed by atoms with Gasteiger partial charge >= 0.3 is 5.97 Å². The van der Waals surface area contributed by atoms with Gasteiger partial charge in [0.1, 0.15) is 0 Å². The fourth-order valence-corrected chi connectivity index (χ4v) is 2.33. The zero-order valence-electron chi connectivity index (χ0n) is 11.3. The summed E-state index contributed by atoms with van der Waals surface area (Å²) in [6, 6.07) is 2.73. The van der Waals surface area contributed by atoms with Crippen molar-refractivity contribution in [1.82, 2.24) is 10.3 Å². The smallest absolute Gasteiger partial charge is 0.335 e. The van der Waals surface area contributed by atoms with Gasteiger partial charge in [-0.15, -0.1) is 0 Å². The van der Waals surface area contributed by atoms with Gasteiger partial charge in [0, 0.05) is 25.0 Å². The summed E-state index contributed by atoms with van der Waals surface area (Å²) in [4.78, 5) is 26.7. The first-order chi connectivity index (χ1) is 9.87. The Morgan fingerprint density at radius 1 is 1.38 bits per heavy atom. The van der Waals surface area contributed by atoms with Crippen LogP contribution in [0.15, 0.2) is 18.3 Å². The van der Waals surface area contributed by atoms with Gasteiger partial charge in [-0.2, -0.15) is 0 Å². The van der Waals surface area contributed by atoms with Gasteiger partial charge in [-0.25, -0.2) is 13.6 Å². The number of hydrogen-bond acceptors (Lipinski definition) is 3. The lowest BCUT2D eigenvalue weighted by Crippen LogP contribution is -2.35. The first-order valence-electron chi connectivity index (χ1n) is 6.71. The minimum Gasteiger partial charge on any atom is -0.478 e. The molecule has 0 radical (unpaired) electrons. The number of rotatable bonds is 4. The molecule has 1 aliphatic rings. The third-order valence-corrected chi connectivity index (χ3v) is 3.60. The summed E-state index contributed by atoms with van der Waals surface area (Å²) in [5.74, 6) is -4.42. The lowest BCUT2D eigenvalue weighted by atomic mass is 9.86. The van der Waals surface area contributed by atoms with Crippen LogP contribution in [0.1, 0.15) is 41.7 Å². The lowest BCUT2D eigenvalue weighted by Gasteiger charge is -2.27. The van der Waals surface area contributed by atoms with E-state index in [2.05, 4.69) is 10.3 Å². The number of amides is 1. The monoisotopic (exact) mass is 298 g/mol. The topological polar surface area (TPSA) is 79.3 Å². The van der Waals surface area contributed by atoms with Gasteiger partial charge in [0.25, 0.3) is 0 Å². The van der Waals surface area contributed by atoms with E-state index in [4.69, 9.17) is 5.11 Å². The molecule has 2 N–H and O–H groups in total. The molecule has 2 rings (SSSR count). The maximum Gasteiger partial charge on any atom is 0.335 e. The van der Waals surface area contributed by atoms with E-state index in [9.17, 15) is 18.4 Å². The molecule has 21 heavy (non-hydrogen) atoms. The Morgan fingerprint density at radius 3 is 2.67 bits per heavy atom. The molecule has 1 saturated carbocycles. The Hall–Kier alpha value is -2.05. The zero-order valence-corrected chi connectivity index (χ0v) is 11.3. The van der Waals surface area contributed by atoms with Crippen molar-refractivity contribution in [2.24, 2.45) is 5.92 Å². The summed E-state index contributed by atoms with van der Waals surface area (Å²) in [6.45, 7) is 0.0901. The third kappa shape index (κ3) is 4.21. The van der Waals surface area contributed by atoms with Gasteiger partial charge in [0.15, 0.2) is 0 Å². The number of alkyl halides is 2. The van der Waals surface area contributed by atoms with Crippen molar-refractivity contribution < 1.29 is 23.5 Å². The van der Waals surface area contributed by atoms with E-state index in [0.29, 0.717) is 5.69 Å². The first-order valence-corrected chi connectivity index (χ1v) is 6.71. The van der Waals surface area contributed by atoms with Crippen LogP contribution in [0.2, 0.25) is 0 Å². The molecule has 1 aromatic heterocycles. The standard InChI is InChI=1S/C14H16F2N2O3/c15-14(16)4-1-9(2-5-14)12(19)18-8-11-7-10(13(20)21)3-6-17-11/h3,6-7,9H,1-2,4-5,8H2,(H,18,19)(H,20,21). The van der Waals surface area contributed by atoms with Gasteiger partial charge in [0.05, 0.1) is 17.8 Å². The van der Waals surface area contributed by atoms with Crippen LogP contribution in [0.4, 0.5) is 8.78 Å². The van der Waals surface area contributed by atoms with E-state index < -0.39 is 17.8 Å². The fraction of sp³-hybridized carbons (Fsp3) is 0.500. The highest BCUT2D eigenvalue weighted by Crippen LogP contribution is 2.36. The van der Waals surface area contributed by atoms with E-state index in [-0.39, 0.29) is 43.7 Å². The number of pyridine rings is 1. The number of carbonyl (C=O) groups is 2. The number of carboxylic acids is 1. The SMILES string of the molecule is O=C(O)c1ccnc(CNC(=O)C2CCC(F)(F)CC2)c1. The molecule has 5 nitrogen and oxygen atoms in total. The summed E-state index contributed by atoms with van der Waals surface area (Å²) in [6.07, 6.45) is 1.16. The maximum atomic E-state index is 13.0. The molecule has 1 amide bonds. The molecule has 0 spiro atoms. The summed E-state index contributed by atoms with van der Waals surface area (Å²) < 4.78 is 26.0. The zero-order chi connectivity index (χ0) is 15.5. The van der Waals surface area contributed by atoms with Crippen molar-refractivity contribution in [1.29, 1.82) is 0 Å². The minimum absolute atomic E-state index is 0.0894. The summed E-state index contributed by atoms with van der Waals surface area (Å²) in [7, 11) is 0. The molecule has 0 atom stereocenters. The molecular formula is C14H16F2N2O3. The summed E-state index contributed by atoms with van der Waals surface area (Å²) >= 11 is 0. The molecule has 1 aliphatic carbocycles. The van der Waals surface area contributed by atoms with Crippen LogP contribution in [-0.2, 0) is 11.3 Å². The van der Waals surface area contributed by atoms with Crippen LogP contribution in [0.25, 0.3) is 0 Å². The molecule has 114 valence electrons. The fourth-order valence-electron chi connectivity index (χ4n) is 2.33. The van der Waals surface area contributed by atoms with Gasteiger partial charge in [0.2, 0.25) is 11.8 Å². The highest BCUT2D eigenvalue weighted by molar-refractivity contribution is 5.87. The molecule has 0 bridgehead atoms. The normalized spacial score (nSPS) is 18.2. The van der Waals surface area contributed by atoms with Gasteiger partial charge in [-0.3, -0.25) is 9.78 Å². The molecule has 0 unspecified atom stereocenters. The lowest BCUT2D eigenvalue weighted by molar-refractivity contribution is -0.129. The van der Waals surface area contributed by atoms with Gasteiger partial charge in [-0.05, 0) is 25.0 Å². The first kappa shape index (κ1) is 15.3. The largest absolute Gasteiger partial charge is 0.478 e. The molecular weight excluding hydrogens is 282 g/mol. The van der Waals surface area contributed by atoms with E-state index in [0.717, 1.165) is 0 Å². The predicted molar refractivity (Wildman–Crippen MR) is 69.9 cm³/mol. The van der Waals surface area contributed by atoms with Crippen molar-refractivity contribution in [3.63, 3.8) is 0 Å². The predicted octanol–water partition coefficient (Wildman–Crippen LogP) is 2.22. The number of halogens is 2. The van der Waals surface area contributed by atoms with E-state index >= 15 is 0 Å². The van der Waals surface area contributed by atoms with Crippen LogP contribution in [-0.4, -0.2) is 27.9 Å². The number of carbonyl (C=O) groups excluding carboxylic acids is 1. The van der Waals surface area contributed by atoms with Crippen LogP contribution in [0, 0.1) is 5.92 Å². The van der Waals surface area contributed by atoms with Crippen LogP contribution in [0.3, 0.4) is 0 Å². The van der Waals surface area contributed by atoms with E-state index in [1.54, 1.807) is 0 Å². The van der Waals surface area contributed by atoms with Crippen LogP contribution < -0.4 is 5.32 Å². The van der Waals surface area contributed by atoms with E-state index in [1.807, 2.05) is 0 Å². The quantitative estimate of drug-likeness (QED) is 0.893. The number of aromatic carboxylic acids is 1. The molecule has 0 aliphatic heterocycles. The number of hydrogen-bond donors (Lipinski definition) is 2. The average Bonchev–Trinajstić information content (AvgIpc) is 2.45. The molecule has 0 aromatic carbocycles. The Kier molecular flexibility index (Phi) is 4.50. The average molecular weight is 298 g/mol. The molecule has 1 fully saturated rings. The summed E-state index contributed by atoms with van der Waals surface area (Å²) in [5.41, 5.74) is 0.510. The Morgan fingerprint density at radius 2 is 2.05 bits per heavy atom. The second-order valence-electron chi connectivity index (χ2n) is 5.19. The van der Waals surface area contributed by atoms with Crippen molar-refractivity contribution >= 4 is 11.9 Å². The minimum atomic E-state index is -2.66. The molecule has 1 aromatic rings. The highest BCUT2D eigenvalue weighted by Gasteiger charge is 2.37. The molecule has 1 heterocycles. The molecule has 7 heteroatoms. The maximum absolute atomic E-state index is 13.0. The van der Waals surface area contributed by atoms with Gasteiger partial charge in [-0.1, -0.05) is 0 Å².